The van der Waals surface area contributed by atoms with E-state index in [9.17, 15) is 26.4 Å². The van der Waals surface area contributed by atoms with Gasteiger partial charge >= 0.3 is 15.6 Å². The summed E-state index contributed by atoms with van der Waals surface area (Å²) in [5.41, 5.74) is -2.82. The second-order valence-electron chi connectivity index (χ2n) is 7.68. The molecule has 1 aliphatic heterocycles. The fourth-order valence-electron chi connectivity index (χ4n) is 3.48. The van der Waals surface area contributed by atoms with Crippen molar-refractivity contribution in [1.82, 2.24) is 10.2 Å². The molecule has 0 spiro atoms. The summed E-state index contributed by atoms with van der Waals surface area (Å²) in [5.74, 6) is -0.508. The molecule has 0 aromatic heterocycles. The van der Waals surface area contributed by atoms with Crippen molar-refractivity contribution in [2.75, 3.05) is 19.6 Å². The van der Waals surface area contributed by atoms with E-state index in [2.05, 4.69) is 14.4 Å². The summed E-state index contributed by atoms with van der Waals surface area (Å²) < 4.78 is 64.3. The first kappa shape index (κ1) is 24.8. The number of hydrogen-bond donors (Lipinski definition) is 1. The molecule has 33 heavy (non-hydrogen) atoms. The van der Waals surface area contributed by atoms with Gasteiger partial charge in [0.25, 0.3) is 0 Å². The minimum atomic E-state index is -5.69. The number of nitrogens with zero attached hydrogens (tertiary/aromatic N) is 1. The highest BCUT2D eigenvalue weighted by Gasteiger charge is 2.48. The molecule has 0 unspecified atom stereocenters. The predicted octanol–water partition coefficient (Wildman–Crippen LogP) is 3.88. The van der Waals surface area contributed by atoms with E-state index in [1.165, 1.54) is 18.2 Å². The van der Waals surface area contributed by atoms with Gasteiger partial charge in [0.05, 0.1) is 0 Å². The Morgan fingerprint density at radius 1 is 1.09 bits per heavy atom. The summed E-state index contributed by atoms with van der Waals surface area (Å²) in [6.45, 7) is 2.57. The fourth-order valence-corrected chi connectivity index (χ4v) is 3.93. The lowest BCUT2D eigenvalue weighted by Crippen LogP contribution is -2.32. The van der Waals surface area contributed by atoms with Gasteiger partial charge in [-0.05, 0) is 60.7 Å². The number of benzene rings is 2. The van der Waals surface area contributed by atoms with E-state index < -0.39 is 15.6 Å². The van der Waals surface area contributed by atoms with Gasteiger partial charge in [0, 0.05) is 25.7 Å². The molecular weight excluding hydrogens is 457 g/mol. The van der Waals surface area contributed by atoms with Crippen LogP contribution < -0.4 is 9.50 Å². The van der Waals surface area contributed by atoms with Crippen molar-refractivity contribution in [2.45, 2.75) is 31.3 Å². The summed E-state index contributed by atoms with van der Waals surface area (Å²) in [7, 11) is -5.69. The van der Waals surface area contributed by atoms with Gasteiger partial charge in [0.15, 0.2) is 0 Å². The maximum Gasteiger partial charge on any atom is 0.534 e. The third kappa shape index (κ3) is 7.33. The van der Waals surface area contributed by atoms with Crippen LogP contribution in [0.4, 0.5) is 13.2 Å². The Bertz CT molecular complexity index is 1090. The number of carbonyl (C=O) groups excluding carboxylic acids is 1. The van der Waals surface area contributed by atoms with Gasteiger partial charge in [0.1, 0.15) is 5.75 Å². The molecule has 1 aliphatic rings. The Balaban J connectivity index is 1.42. The monoisotopic (exact) mass is 482 g/mol. The average molecular weight is 483 g/mol. The van der Waals surface area contributed by atoms with E-state index in [1.54, 1.807) is 12.1 Å². The smallest absolute Gasteiger partial charge is 0.376 e. The first-order valence-corrected chi connectivity index (χ1v) is 11.9. The van der Waals surface area contributed by atoms with Crippen LogP contribution in [0.5, 0.6) is 5.75 Å². The van der Waals surface area contributed by atoms with E-state index in [4.69, 9.17) is 0 Å². The summed E-state index contributed by atoms with van der Waals surface area (Å²) >= 11 is 0. The molecule has 0 aliphatic carbocycles. The minimum Gasteiger partial charge on any atom is -0.376 e. The number of rotatable bonds is 9. The van der Waals surface area contributed by atoms with Crippen molar-refractivity contribution in [3.05, 3.63) is 71.3 Å². The van der Waals surface area contributed by atoms with Gasteiger partial charge < -0.3 is 9.50 Å². The van der Waals surface area contributed by atoms with Crippen molar-refractivity contribution in [2.24, 2.45) is 0 Å². The lowest BCUT2D eigenvalue weighted by molar-refractivity contribution is -0.116. The van der Waals surface area contributed by atoms with Crippen LogP contribution in [0, 0.1) is 0 Å². The lowest BCUT2D eigenvalue weighted by atomic mass is 9.99. The van der Waals surface area contributed by atoms with Crippen molar-refractivity contribution >= 4 is 22.1 Å². The van der Waals surface area contributed by atoms with Crippen LogP contribution >= 0.6 is 0 Å². The van der Waals surface area contributed by atoms with Gasteiger partial charge in [0.2, 0.25) is 5.91 Å². The predicted molar refractivity (Wildman–Crippen MR) is 119 cm³/mol. The van der Waals surface area contributed by atoms with E-state index in [1.807, 2.05) is 30.3 Å². The summed E-state index contributed by atoms with van der Waals surface area (Å²) in [6.07, 6.45) is 5.56. The Kier molecular flexibility index (Phi) is 8.15. The van der Waals surface area contributed by atoms with Crippen LogP contribution in [0.1, 0.15) is 29.5 Å². The molecule has 10 heteroatoms. The largest absolute Gasteiger partial charge is 0.534 e. The summed E-state index contributed by atoms with van der Waals surface area (Å²) in [4.78, 5) is 14.0. The molecule has 2 aromatic rings. The lowest BCUT2D eigenvalue weighted by Gasteiger charge is -2.29. The number of nitrogens with one attached hydrogen (secondary N) is 1. The van der Waals surface area contributed by atoms with Crippen molar-refractivity contribution in [1.29, 1.82) is 0 Å². The molecule has 0 atom stereocenters. The molecule has 0 saturated carbocycles. The number of amides is 1. The highest BCUT2D eigenvalue weighted by molar-refractivity contribution is 7.88. The highest BCUT2D eigenvalue weighted by Crippen LogP contribution is 2.29. The summed E-state index contributed by atoms with van der Waals surface area (Å²) in [6, 6.07) is 13.7. The zero-order chi connectivity index (χ0) is 23.9. The first-order valence-electron chi connectivity index (χ1n) is 10.5. The Morgan fingerprint density at radius 3 is 2.58 bits per heavy atom. The standard InChI is InChI=1S/C23H25F3N2O4S/c24-23(25,26)33(30,31)32-21-10-9-19-12-15-28(17-20(19)16-21)14-5-4-13-27-22(29)11-8-18-6-2-1-3-7-18/h1-3,6-11,16H,4-5,12-15,17H2,(H,27,29)/b11-8-. The number of unbranched alkanes of at least 4 members (excludes halogenated alkanes) is 1. The summed E-state index contributed by atoms with van der Waals surface area (Å²) in [5, 5.41) is 2.84. The quantitative estimate of drug-likeness (QED) is 0.254. The Labute approximate surface area is 191 Å². The molecule has 0 bridgehead atoms. The van der Waals surface area contributed by atoms with Crippen molar-refractivity contribution < 1.29 is 30.6 Å². The van der Waals surface area contributed by atoms with Gasteiger partial charge in [-0.2, -0.15) is 21.6 Å². The Hall–Kier alpha value is -2.85. The van der Waals surface area contributed by atoms with Crippen LogP contribution in [-0.2, 0) is 27.9 Å². The number of hydrogen-bond acceptors (Lipinski definition) is 5. The van der Waals surface area contributed by atoms with E-state index >= 15 is 0 Å². The fraction of sp³-hybridized carbons (Fsp3) is 0.348. The van der Waals surface area contributed by atoms with Gasteiger partial charge in [-0.1, -0.05) is 36.4 Å². The maximum atomic E-state index is 12.5. The van der Waals surface area contributed by atoms with Crippen LogP contribution in [0.2, 0.25) is 0 Å². The molecule has 1 heterocycles. The van der Waals surface area contributed by atoms with Crippen LogP contribution in [0.3, 0.4) is 0 Å². The molecule has 2 aromatic carbocycles. The molecular formula is C23H25F3N2O4S. The normalized spacial score (nSPS) is 14.8. The van der Waals surface area contributed by atoms with Crippen LogP contribution in [0.25, 0.3) is 6.08 Å². The van der Waals surface area contributed by atoms with E-state index in [0.717, 1.165) is 42.6 Å². The number of halogens is 3. The maximum absolute atomic E-state index is 12.5. The molecule has 6 nitrogen and oxygen atoms in total. The molecule has 0 radical (unpaired) electrons. The van der Waals surface area contributed by atoms with Crippen molar-refractivity contribution in [3.8, 4) is 5.75 Å². The third-order valence-electron chi connectivity index (χ3n) is 5.19. The third-order valence-corrected chi connectivity index (χ3v) is 6.16. The molecule has 0 saturated heterocycles. The molecule has 178 valence electrons. The topological polar surface area (TPSA) is 75.7 Å². The first-order chi connectivity index (χ1) is 15.6. The SMILES string of the molecule is O=C(/C=C\c1ccccc1)NCCCCN1CCc2ccc(OS(=O)(=O)C(F)(F)F)cc2C1. The molecule has 3 rings (SSSR count). The van der Waals surface area contributed by atoms with Crippen LogP contribution in [0.15, 0.2) is 54.6 Å². The molecule has 0 fully saturated rings. The number of carbonyl (C=O) groups is 1. The van der Waals surface area contributed by atoms with Gasteiger partial charge in [-0.15, -0.1) is 0 Å². The molecule has 1 N–H and O–H groups in total. The van der Waals surface area contributed by atoms with Gasteiger partial charge in [-0.3, -0.25) is 9.69 Å². The second-order valence-corrected chi connectivity index (χ2v) is 9.22. The van der Waals surface area contributed by atoms with E-state index in [-0.39, 0.29) is 11.7 Å². The van der Waals surface area contributed by atoms with Crippen molar-refractivity contribution in [3.63, 3.8) is 0 Å². The molecule has 1 amide bonds. The van der Waals surface area contributed by atoms with E-state index in [0.29, 0.717) is 19.5 Å². The highest BCUT2D eigenvalue weighted by atomic mass is 32.2. The average Bonchev–Trinajstić information content (AvgIpc) is 2.77. The van der Waals surface area contributed by atoms with Gasteiger partial charge in [-0.25, -0.2) is 0 Å². The number of alkyl halides is 3. The number of fused-ring (bicyclic) bond motifs is 1. The minimum absolute atomic E-state index is 0.160. The zero-order valence-corrected chi connectivity index (χ0v) is 18.7. The van der Waals surface area contributed by atoms with Crippen LogP contribution in [-0.4, -0.2) is 44.4 Å². The zero-order valence-electron chi connectivity index (χ0n) is 17.8. The second kappa shape index (κ2) is 10.8. The Morgan fingerprint density at radius 2 is 1.85 bits per heavy atom.